The van der Waals surface area contributed by atoms with Crippen LogP contribution in [-0.4, -0.2) is 23.3 Å². The first-order valence-electron chi connectivity index (χ1n) is 5.99. The van der Waals surface area contributed by atoms with Crippen molar-refractivity contribution in [2.75, 3.05) is 6.54 Å². The van der Waals surface area contributed by atoms with Crippen LogP contribution in [0.15, 0.2) is 16.7 Å². The Labute approximate surface area is 105 Å². The molecule has 2 heterocycles. The predicted molar refractivity (Wildman–Crippen MR) is 64.2 cm³/mol. The van der Waals surface area contributed by atoms with Crippen LogP contribution < -0.4 is 11.3 Å². The summed E-state index contributed by atoms with van der Waals surface area (Å²) in [6.07, 6.45) is 3.29. The largest absolute Gasteiger partial charge is 0.467 e. The number of hydrazine groups is 1. The highest BCUT2D eigenvalue weighted by Gasteiger charge is 2.25. The molecule has 98 valence electrons. The van der Waals surface area contributed by atoms with Crippen molar-refractivity contribution in [2.24, 2.45) is 11.8 Å². The Hall–Kier alpha value is -1.82. The van der Waals surface area contributed by atoms with Crippen molar-refractivity contribution >= 4 is 11.8 Å². The predicted octanol–water partition coefficient (Wildman–Crippen LogP) is 0.642. The molecule has 0 bridgehead atoms. The van der Waals surface area contributed by atoms with E-state index in [1.165, 1.54) is 6.26 Å². The zero-order valence-corrected chi connectivity index (χ0v) is 10.3. The van der Waals surface area contributed by atoms with Crippen LogP contribution in [0.1, 0.15) is 35.9 Å². The van der Waals surface area contributed by atoms with Crippen LogP contribution in [0.4, 0.5) is 0 Å². The monoisotopic (exact) mass is 251 g/mol. The molecule has 18 heavy (non-hydrogen) atoms. The van der Waals surface area contributed by atoms with E-state index < -0.39 is 5.91 Å². The van der Waals surface area contributed by atoms with Gasteiger partial charge in [0.1, 0.15) is 12.0 Å². The molecule has 2 amide bonds. The van der Waals surface area contributed by atoms with Crippen LogP contribution >= 0.6 is 0 Å². The Kier molecular flexibility index (Phi) is 3.66. The van der Waals surface area contributed by atoms with E-state index in [0.717, 1.165) is 19.4 Å². The van der Waals surface area contributed by atoms with E-state index in [1.807, 2.05) is 12.3 Å². The van der Waals surface area contributed by atoms with E-state index in [0.29, 0.717) is 17.9 Å². The van der Waals surface area contributed by atoms with Gasteiger partial charge in [0.2, 0.25) is 5.91 Å². The summed E-state index contributed by atoms with van der Waals surface area (Å²) in [7, 11) is 0. The van der Waals surface area contributed by atoms with Crippen molar-refractivity contribution in [2.45, 2.75) is 26.3 Å². The summed E-state index contributed by atoms with van der Waals surface area (Å²) in [6, 6.07) is 1.61. The molecular formula is C12H17N3O3. The van der Waals surface area contributed by atoms with Crippen LogP contribution in [-0.2, 0) is 11.3 Å². The van der Waals surface area contributed by atoms with Crippen LogP contribution in [0, 0.1) is 5.92 Å². The highest BCUT2D eigenvalue weighted by Crippen LogP contribution is 2.20. The van der Waals surface area contributed by atoms with Crippen molar-refractivity contribution in [3.8, 4) is 0 Å². The summed E-state index contributed by atoms with van der Waals surface area (Å²) in [5.41, 5.74) is 2.40. The van der Waals surface area contributed by atoms with Crippen LogP contribution in [0.2, 0.25) is 0 Å². The molecule has 0 radical (unpaired) electrons. The molecule has 2 rings (SSSR count). The number of carbonyl (C=O) groups is 2. The third kappa shape index (κ3) is 2.53. The third-order valence-electron chi connectivity index (χ3n) is 3.19. The highest BCUT2D eigenvalue weighted by atomic mass is 16.3. The molecule has 1 aliphatic rings. The minimum absolute atomic E-state index is 0.0699. The quantitative estimate of drug-likeness (QED) is 0.469. The molecule has 1 aromatic rings. The van der Waals surface area contributed by atoms with Gasteiger partial charge in [-0.15, -0.1) is 0 Å². The zero-order valence-electron chi connectivity index (χ0n) is 10.3. The number of nitrogens with zero attached hydrogens (tertiary/aromatic N) is 1. The van der Waals surface area contributed by atoms with Crippen LogP contribution in [0.25, 0.3) is 0 Å². The van der Waals surface area contributed by atoms with E-state index in [-0.39, 0.29) is 11.8 Å². The normalized spacial score (nSPS) is 20.0. The number of furan rings is 1. The molecule has 6 heteroatoms. The van der Waals surface area contributed by atoms with Crippen LogP contribution in [0.3, 0.4) is 0 Å². The average molecular weight is 251 g/mol. The van der Waals surface area contributed by atoms with Gasteiger partial charge >= 0.3 is 0 Å². The standard InChI is InChI=1S/C12H17N3O3/c1-8-3-2-4-15(12(8)17)6-10-5-9(7-18-10)11(16)14-13/h5,7-8H,2-4,6,13H2,1H3,(H,14,16). The van der Waals surface area contributed by atoms with Crippen molar-refractivity contribution in [1.82, 2.24) is 10.3 Å². The number of likely N-dealkylation sites (tertiary alicyclic amines) is 1. The van der Waals surface area contributed by atoms with E-state index in [9.17, 15) is 9.59 Å². The van der Waals surface area contributed by atoms with Gasteiger partial charge in [-0.05, 0) is 18.9 Å². The maximum absolute atomic E-state index is 11.9. The Balaban J connectivity index is 2.03. The minimum Gasteiger partial charge on any atom is -0.467 e. The molecule has 1 aliphatic heterocycles. The zero-order chi connectivity index (χ0) is 13.1. The molecule has 6 nitrogen and oxygen atoms in total. The lowest BCUT2D eigenvalue weighted by Gasteiger charge is -2.29. The molecule has 1 atom stereocenters. The number of nitrogens with two attached hydrogens (primary N) is 1. The number of nitrogens with one attached hydrogen (secondary N) is 1. The van der Waals surface area contributed by atoms with Crippen molar-refractivity contribution in [1.29, 1.82) is 0 Å². The fourth-order valence-corrected chi connectivity index (χ4v) is 2.14. The van der Waals surface area contributed by atoms with E-state index in [1.54, 1.807) is 11.0 Å². The first-order chi connectivity index (χ1) is 8.61. The number of nitrogen functional groups attached to an aromatic ring is 1. The molecule has 1 fully saturated rings. The topological polar surface area (TPSA) is 88.6 Å². The van der Waals surface area contributed by atoms with E-state index in [4.69, 9.17) is 10.3 Å². The Morgan fingerprint density at radius 1 is 1.67 bits per heavy atom. The van der Waals surface area contributed by atoms with Gasteiger partial charge < -0.3 is 9.32 Å². The average Bonchev–Trinajstić information content (AvgIpc) is 2.82. The lowest BCUT2D eigenvalue weighted by molar-refractivity contribution is -0.138. The number of carbonyl (C=O) groups excluding carboxylic acids is 2. The third-order valence-corrected chi connectivity index (χ3v) is 3.19. The summed E-state index contributed by atoms with van der Waals surface area (Å²) < 4.78 is 5.26. The first-order valence-corrected chi connectivity index (χ1v) is 5.99. The van der Waals surface area contributed by atoms with Crippen LogP contribution in [0.5, 0.6) is 0 Å². The smallest absolute Gasteiger partial charge is 0.268 e. The van der Waals surface area contributed by atoms with Gasteiger partial charge in [0.15, 0.2) is 0 Å². The van der Waals surface area contributed by atoms with E-state index in [2.05, 4.69) is 0 Å². The summed E-state index contributed by atoms with van der Waals surface area (Å²) >= 11 is 0. The van der Waals surface area contributed by atoms with Gasteiger partial charge in [0.25, 0.3) is 5.91 Å². The number of hydrogen-bond donors (Lipinski definition) is 2. The molecule has 1 unspecified atom stereocenters. The lowest BCUT2D eigenvalue weighted by Crippen LogP contribution is -2.39. The van der Waals surface area contributed by atoms with Gasteiger partial charge in [-0.1, -0.05) is 6.92 Å². The SMILES string of the molecule is CC1CCCN(Cc2cc(C(=O)NN)co2)C1=O. The summed E-state index contributed by atoms with van der Waals surface area (Å²) in [5.74, 6) is 5.44. The molecule has 0 aromatic carbocycles. The molecule has 0 aliphatic carbocycles. The second-order valence-electron chi connectivity index (χ2n) is 4.58. The second-order valence-corrected chi connectivity index (χ2v) is 4.58. The Bertz CT molecular complexity index is 455. The molecule has 3 N–H and O–H groups in total. The van der Waals surface area contributed by atoms with E-state index >= 15 is 0 Å². The number of amides is 2. The van der Waals surface area contributed by atoms with Crippen molar-refractivity contribution in [3.63, 3.8) is 0 Å². The molecule has 1 saturated heterocycles. The maximum atomic E-state index is 11.9. The summed E-state index contributed by atoms with van der Waals surface area (Å²) in [5, 5.41) is 0. The highest BCUT2D eigenvalue weighted by molar-refractivity contribution is 5.93. The minimum atomic E-state index is -0.400. The van der Waals surface area contributed by atoms with Gasteiger partial charge in [-0.25, -0.2) is 5.84 Å². The lowest BCUT2D eigenvalue weighted by atomic mass is 9.99. The maximum Gasteiger partial charge on any atom is 0.268 e. The van der Waals surface area contributed by atoms with Gasteiger partial charge in [0.05, 0.1) is 12.1 Å². The Morgan fingerprint density at radius 3 is 3.17 bits per heavy atom. The molecular weight excluding hydrogens is 234 g/mol. The van der Waals surface area contributed by atoms with Crippen molar-refractivity contribution < 1.29 is 14.0 Å². The fourth-order valence-electron chi connectivity index (χ4n) is 2.14. The molecule has 0 spiro atoms. The second kappa shape index (κ2) is 5.22. The van der Waals surface area contributed by atoms with Gasteiger partial charge in [-0.2, -0.15) is 0 Å². The molecule has 1 aromatic heterocycles. The number of rotatable bonds is 3. The molecule has 0 saturated carbocycles. The Morgan fingerprint density at radius 2 is 2.44 bits per heavy atom. The summed E-state index contributed by atoms with van der Waals surface area (Å²) in [6.45, 7) is 3.08. The van der Waals surface area contributed by atoms with Gasteiger partial charge in [0, 0.05) is 12.5 Å². The van der Waals surface area contributed by atoms with Gasteiger partial charge in [-0.3, -0.25) is 15.0 Å². The van der Waals surface area contributed by atoms with Crippen molar-refractivity contribution in [3.05, 3.63) is 23.7 Å². The fraction of sp³-hybridized carbons (Fsp3) is 0.500. The number of piperidine rings is 1. The summed E-state index contributed by atoms with van der Waals surface area (Å²) in [4.78, 5) is 24.9. The number of hydrogen-bond acceptors (Lipinski definition) is 4. The first kappa shape index (κ1) is 12.6.